The van der Waals surface area contributed by atoms with Crippen LogP contribution < -0.4 is 10.6 Å². The van der Waals surface area contributed by atoms with E-state index >= 15 is 0 Å². The predicted octanol–water partition coefficient (Wildman–Crippen LogP) is 6.84. The molecular weight excluding hydrogens is 410 g/mol. The van der Waals surface area contributed by atoms with Gasteiger partial charge in [0.25, 0.3) is 0 Å². The van der Waals surface area contributed by atoms with E-state index in [2.05, 4.69) is 129 Å². The molecule has 6 rings (SSSR count). The number of allylic oxidation sites excluding steroid dienone is 1. The van der Waals surface area contributed by atoms with Gasteiger partial charge >= 0.3 is 0 Å². The van der Waals surface area contributed by atoms with Crippen LogP contribution in [-0.2, 0) is 5.41 Å². The lowest BCUT2D eigenvalue weighted by Gasteiger charge is -2.22. The van der Waals surface area contributed by atoms with Crippen LogP contribution in [0, 0.1) is 0 Å². The molecule has 0 saturated heterocycles. The summed E-state index contributed by atoms with van der Waals surface area (Å²) in [5.74, 6) is 0. The molecule has 1 heteroatoms. The van der Waals surface area contributed by atoms with Gasteiger partial charge in [0.15, 0.2) is 0 Å². The lowest BCUT2D eigenvalue weighted by Crippen LogP contribution is -2.26. The Morgan fingerprint density at radius 3 is 2.26 bits per heavy atom. The van der Waals surface area contributed by atoms with Gasteiger partial charge in [0.2, 0.25) is 0 Å². The van der Waals surface area contributed by atoms with Gasteiger partial charge in [-0.15, -0.1) is 0 Å². The fourth-order valence-electron chi connectivity index (χ4n) is 5.51. The maximum absolute atomic E-state index is 4.48. The number of aromatic nitrogens is 1. The Balaban J connectivity index is 1.51. The molecule has 34 heavy (non-hydrogen) atoms. The fraction of sp³-hybridized carbons (Fsp3) is 0.0909. The first-order valence-electron chi connectivity index (χ1n) is 11.8. The number of hydrogen-bond donors (Lipinski definition) is 0. The van der Waals surface area contributed by atoms with Crippen LogP contribution in [0.5, 0.6) is 0 Å². The minimum Gasteiger partial charge on any atom is -0.310 e. The van der Waals surface area contributed by atoms with Crippen molar-refractivity contribution in [3.8, 4) is 16.8 Å². The number of hydrogen-bond acceptors (Lipinski definition) is 0. The fourth-order valence-corrected chi connectivity index (χ4v) is 5.51. The largest absolute Gasteiger partial charge is 0.310 e. The van der Waals surface area contributed by atoms with Crippen LogP contribution in [0.1, 0.15) is 30.5 Å². The highest BCUT2D eigenvalue weighted by atomic mass is 15.0. The number of nitrogens with zero attached hydrogens (tertiary/aromatic N) is 1. The average molecular weight is 438 g/mol. The van der Waals surface area contributed by atoms with E-state index in [1.807, 2.05) is 6.07 Å². The summed E-state index contributed by atoms with van der Waals surface area (Å²) >= 11 is 0. The third-order valence-corrected chi connectivity index (χ3v) is 7.30. The Bertz CT molecular complexity index is 1700. The summed E-state index contributed by atoms with van der Waals surface area (Å²) in [5, 5.41) is 3.28. The lowest BCUT2D eigenvalue weighted by atomic mass is 9.81. The highest BCUT2D eigenvalue weighted by molar-refractivity contribution is 5.94. The zero-order chi connectivity index (χ0) is 23.4. The van der Waals surface area contributed by atoms with Crippen molar-refractivity contribution in [1.82, 2.24) is 4.57 Å². The highest BCUT2D eigenvalue weighted by Gasteiger charge is 2.35. The topological polar surface area (TPSA) is 4.93 Å². The van der Waals surface area contributed by atoms with Crippen LogP contribution in [0.15, 0.2) is 104 Å². The molecule has 1 aliphatic rings. The van der Waals surface area contributed by atoms with E-state index in [-0.39, 0.29) is 5.41 Å². The second-order valence-corrected chi connectivity index (χ2v) is 9.65. The van der Waals surface area contributed by atoms with Gasteiger partial charge < -0.3 is 4.57 Å². The normalized spacial score (nSPS) is 14.2. The van der Waals surface area contributed by atoms with Gasteiger partial charge in [-0.2, -0.15) is 0 Å². The van der Waals surface area contributed by atoms with Gasteiger partial charge in [0.1, 0.15) is 0 Å². The maximum Gasteiger partial charge on any atom is 0.0540 e. The Morgan fingerprint density at radius 1 is 0.765 bits per heavy atom. The summed E-state index contributed by atoms with van der Waals surface area (Å²) in [7, 11) is 0. The van der Waals surface area contributed by atoms with Crippen LogP contribution >= 0.6 is 0 Å². The van der Waals surface area contributed by atoms with Crippen molar-refractivity contribution in [3.05, 3.63) is 131 Å². The van der Waals surface area contributed by atoms with Crippen molar-refractivity contribution in [1.29, 1.82) is 0 Å². The molecule has 0 aliphatic heterocycles. The standard InChI is InChI=1S/C33H27N/c1-22(24-18-19-27-26-14-8-10-16-30(26)33(3,4)31(27)21-24)20-29-23(2)34(25-12-6-5-7-13-25)32-17-11-9-15-28(29)32/h5-21H,1-2H2,3-4H3/b29-20+. The molecule has 0 spiro atoms. The van der Waals surface area contributed by atoms with E-state index in [0.29, 0.717) is 0 Å². The Morgan fingerprint density at radius 2 is 1.44 bits per heavy atom. The highest BCUT2D eigenvalue weighted by Crippen LogP contribution is 2.49. The first kappa shape index (κ1) is 20.5. The number of benzene rings is 4. The smallest absolute Gasteiger partial charge is 0.0540 e. The molecule has 4 aromatic carbocycles. The predicted molar refractivity (Wildman–Crippen MR) is 146 cm³/mol. The SMILES string of the molecule is C=C(/C=c1\c(=C)n(-c2ccccc2)c2ccccc12)c1ccc2c(c1)C(C)(C)c1ccccc1-2. The van der Waals surface area contributed by atoms with Gasteiger partial charge in [0, 0.05) is 27.1 Å². The molecule has 0 N–H and O–H groups in total. The molecule has 0 amide bonds. The van der Waals surface area contributed by atoms with Gasteiger partial charge in [-0.3, -0.25) is 0 Å². The zero-order valence-corrected chi connectivity index (χ0v) is 19.7. The van der Waals surface area contributed by atoms with E-state index in [1.165, 1.54) is 27.6 Å². The zero-order valence-electron chi connectivity index (χ0n) is 19.7. The van der Waals surface area contributed by atoms with Crippen LogP contribution in [0.2, 0.25) is 0 Å². The Kier molecular flexibility index (Phi) is 4.50. The van der Waals surface area contributed by atoms with E-state index in [0.717, 1.165) is 32.9 Å². The summed E-state index contributed by atoms with van der Waals surface area (Å²) in [4.78, 5) is 0. The van der Waals surface area contributed by atoms with Crippen LogP contribution in [-0.4, -0.2) is 4.57 Å². The van der Waals surface area contributed by atoms with Crippen molar-refractivity contribution in [3.63, 3.8) is 0 Å². The number of rotatable bonds is 3. The molecule has 0 saturated carbocycles. The molecule has 0 fully saturated rings. The molecule has 0 bridgehead atoms. The van der Waals surface area contributed by atoms with Crippen LogP contribution in [0.4, 0.5) is 0 Å². The molecule has 164 valence electrons. The van der Waals surface area contributed by atoms with E-state index in [9.17, 15) is 0 Å². The quantitative estimate of drug-likeness (QED) is 0.291. The monoisotopic (exact) mass is 437 g/mol. The van der Waals surface area contributed by atoms with Crippen molar-refractivity contribution >= 4 is 29.1 Å². The summed E-state index contributed by atoms with van der Waals surface area (Å²) in [6.45, 7) is 13.6. The molecule has 0 radical (unpaired) electrons. The number of para-hydroxylation sites is 2. The van der Waals surface area contributed by atoms with E-state index in [1.54, 1.807) is 0 Å². The van der Waals surface area contributed by atoms with Crippen molar-refractivity contribution < 1.29 is 0 Å². The van der Waals surface area contributed by atoms with Gasteiger partial charge in [-0.25, -0.2) is 0 Å². The van der Waals surface area contributed by atoms with E-state index < -0.39 is 0 Å². The minimum absolute atomic E-state index is 0.0248. The van der Waals surface area contributed by atoms with Crippen LogP contribution in [0.3, 0.4) is 0 Å². The van der Waals surface area contributed by atoms with Crippen molar-refractivity contribution in [2.24, 2.45) is 0 Å². The molecule has 5 aromatic rings. The summed E-state index contributed by atoms with van der Waals surface area (Å²) in [5.41, 5.74) is 9.82. The molecule has 1 aliphatic carbocycles. The summed E-state index contributed by atoms with van der Waals surface area (Å²) in [6.07, 6.45) is 2.20. The first-order valence-corrected chi connectivity index (χ1v) is 11.8. The second kappa shape index (κ2) is 7.46. The van der Waals surface area contributed by atoms with E-state index in [4.69, 9.17) is 0 Å². The first-order chi connectivity index (χ1) is 16.5. The van der Waals surface area contributed by atoms with Gasteiger partial charge in [-0.1, -0.05) is 99.8 Å². The maximum atomic E-state index is 4.48. The summed E-state index contributed by atoms with van der Waals surface area (Å²) in [6, 6.07) is 34.5. The van der Waals surface area contributed by atoms with Crippen LogP contribution in [0.25, 0.3) is 45.9 Å². The third-order valence-electron chi connectivity index (χ3n) is 7.30. The molecule has 1 nitrogen and oxygen atoms in total. The molecule has 1 aromatic heterocycles. The molecule has 0 atom stereocenters. The average Bonchev–Trinajstić information content (AvgIpc) is 3.27. The molecular formula is C33H27N. The van der Waals surface area contributed by atoms with Crippen molar-refractivity contribution in [2.45, 2.75) is 19.3 Å². The second-order valence-electron chi connectivity index (χ2n) is 9.65. The van der Waals surface area contributed by atoms with Gasteiger partial charge in [0.05, 0.1) is 5.52 Å². The summed E-state index contributed by atoms with van der Waals surface area (Å²) < 4.78 is 2.23. The minimum atomic E-state index is -0.0248. The molecule has 1 heterocycles. The third kappa shape index (κ3) is 2.94. The van der Waals surface area contributed by atoms with Gasteiger partial charge in [-0.05, 0) is 63.7 Å². The Hall–Kier alpha value is -4.10. The molecule has 0 unspecified atom stereocenters. The lowest BCUT2D eigenvalue weighted by molar-refractivity contribution is 0.660. The Labute approximate surface area is 200 Å². The van der Waals surface area contributed by atoms with Crippen molar-refractivity contribution in [2.75, 3.05) is 0 Å². The number of fused-ring (bicyclic) bond motifs is 4.